The number of rotatable bonds is 6. The van der Waals surface area contributed by atoms with Gasteiger partial charge in [0.1, 0.15) is 0 Å². The Morgan fingerprint density at radius 2 is 1.46 bits per heavy atom. The first-order chi connectivity index (χ1) is 11.3. The van der Waals surface area contributed by atoms with Gasteiger partial charge in [-0.2, -0.15) is 4.72 Å². The predicted molar refractivity (Wildman–Crippen MR) is 94.0 cm³/mol. The van der Waals surface area contributed by atoms with Crippen molar-refractivity contribution in [1.82, 2.24) is 10.0 Å². The smallest absolute Gasteiger partial charge is 0.241 e. The molecule has 1 atom stereocenters. The molecular weight excluding hydrogens is 324 g/mol. The Hall–Kier alpha value is -2.18. The molecule has 5 nitrogen and oxygen atoms in total. The van der Waals surface area contributed by atoms with Crippen molar-refractivity contribution in [2.75, 3.05) is 0 Å². The van der Waals surface area contributed by atoms with Crippen LogP contribution in [-0.4, -0.2) is 20.4 Å². The van der Waals surface area contributed by atoms with E-state index in [1.165, 1.54) is 19.1 Å². The van der Waals surface area contributed by atoms with Gasteiger partial charge in [-0.05, 0) is 38.5 Å². The maximum atomic E-state index is 12.3. The van der Waals surface area contributed by atoms with Gasteiger partial charge in [-0.25, -0.2) is 8.42 Å². The molecule has 2 aromatic rings. The Morgan fingerprint density at radius 1 is 0.958 bits per heavy atom. The molecule has 0 unspecified atom stereocenters. The monoisotopic (exact) mass is 346 g/mol. The number of aryl methyl sites for hydroxylation is 2. The van der Waals surface area contributed by atoms with Crippen LogP contribution in [0.5, 0.6) is 0 Å². The summed E-state index contributed by atoms with van der Waals surface area (Å²) in [7, 11) is -3.72. The summed E-state index contributed by atoms with van der Waals surface area (Å²) in [6.07, 6.45) is 0. The molecule has 0 fully saturated rings. The first kappa shape index (κ1) is 18.2. The third-order valence-electron chi connectivity index (χ3n) is 3.64. The highest BCUT2D eigenvalue weighted by Gasteiger charge is 2.21. The summed E-state index contributed by atoms with van der Waals surface area (Å²) in [5.74, 6) is -0.369. The molecule has 2 aromatic carbocycles. The standard InChI is InChI=1S/C18H22N2O3S/c1-13-4-8-16(9-5-13)12-19-18(21)15(3)20-24(22,23)17-10-6-14(2)7-11-17/h4-11,15,20H,12H2,1-3H3,(H,19,21)/t15-/m1/s1. The molecule has 1 amide bonds. The molecule has 0 heterocycles. The van der Waals surface area contributed by atoms with Gasteiger partial charge in [0.05, 0.1) is 10.9 Å². The van der Waals surface area contributed by atoms with Crippen molar-refractivity contribution in [2.45, 2.75) is 38.3 Å². The van der Waals surface area contributed by atoms with Gasteiger partial charge in [-0.1, -0.05) is 47.5 Å². The zero-order chi connectivity index (χ0) is 17.7. The molecule has 0 bridgehead atoms. The summed E-state index contributed by atoms with van der Waals surface area (Å²) in [6.45, 7) is 5.75. The number of carbonyl (C=O) groups is 1. The molecule has 0 radical (unpaired) electrons. The van der Waals surface area contributed by atoms with Crippen LogP contribution in [0.1, 0.15) is 23.6 Å². The molecule has 128 valence electrons. The van der Waals surface area contributed by atoms with Crippen LogP contribution < -0.4 is 10.0 Å². The van der Waals surface area contributed by atoms with Crippen LogP contribution in [0.25, 0.3) is 0 Å². The molecular formula is C18H22N2O3S. The zero-order valence-corrected chi connectivity index (χ0v) is 14.9. The Balaban J connectivity index is 1.95. The molecule has 0 aliphatic rings. The number of carbonyl (C=O) groups excluding carboxylic acids is 1. The second kappa shape index (κ2) is 7.59. The Kier molecular flexibility index (Phi) is 5.75. The maximum Gasteiger partial charge on any atom is 0.241 e. The molecule has 0 spiro atoms. The van der Waals surface area contributed by atoms with E-state index in [9.17, 15) is 13.2 Å². The third-order valence-corrected chi connectivity index (χ3v) is 5.20. The molecule has 2 N–H and O–H groups in total. The van der Waals surface area contributed by atoms with Gasteiger partial charge in [-0.3, -0.25) is 4.79 Å². The number of nitrogens with one attached hydrogen (secondary N) is 2. The second-order valence-electron chi connectivity index (χ2n) is 5.86. The minimum Gasteiger partial charge on any atom is -0.351 e. The van der Waals surface area contributed by atoms with Crippen molar-refractivity contribution < 1.29 is 13.2 Å². The van der Waals surface area contributed by atoms with Crippen molar-refractivity contribution in [3.8, 4) is 0 Å². The van der Waals surface area contributed by atoms with E-state index >= 15 is 0 Å². The summed E-state index contributed by atoms with van der Waals surface area (Å²) in [6, 6.07) is 13.4. The molecule has 0 saturated carbocycles. The van der Waals surface area contributed by atoms with E-state index in [0.29, 0.717) is 6.54 Å². The van der Waals surface area contributed by atoms with Gasteiger partial charge in [0.25, 0.3) is 0 Å². The summed E-state index contributed by atoms with van der Waals surface area (Å²) in [5.41, 5.74) is 3.07. The molecule has 6 heteroatoms. The fourth-order valence-electron chi connectivity index (χ4n) is 2.12. The average molecular weight is 346 g/mol. The minimum atomic E-state index is -3.72. The number of sulfonamides is 1. The summed E-state index contributed by atoms with van der Waals surface area (Å²) >= 11 is 0. The van der Waals surface area contributed by atoms with E-state index in [1.807, 2.05) is 38.1 Å². The Labute approximate surface area is 143 Å². The number of benzene rings is 2. The number of hydrogen-bond acceptors (Lipinski definition) is 3. The first-order valence-electron chi connectivity index (χ1n) is 7.70. The molecule has 0 aliphatic heterocycles. The van der Waals surface area contributed by atoms with Crippen molar-refractivity contribution in [1.29, 1.82) is 0 Å². The van der Waals surface area contributed by atoms with Gasteiger partial charge in [0, 0.05) is 6.54 Å². The van der Waals surface area contributed by atoms with Gasteiger partial charge < -0.3 is 5.32 Å². The highest BCUT2D eigenvalue weighted by molar-refractivity contribution is 7.89. The average Bonchev–Trinajstić information content (AvgIpc) is 2.54. The van der Waals surface area contributed by atoms with Crippen LogP contribution in [0.3, 0.4) is 0 Å². The Bertz CT molecular complexity index is 797. The normalized spacial score (nSPS) is 12.6. The largest absolute Gasteiger partial charge is 0.351 e. The van der Waals surface area contributed by atoms with Crippen LogP contribution >= 0.6 is 0 Å². The van der Waals surface area contributed by atoms with Crippen LogP contribution in [0, 0.1) is 13.8 Å². The number of hydrogen-bond donors (Lipinski definition) is 2. The molecule has 0 saturated heterocycles. The van der Waals surface area contributed by atoms with E-state index in [4.69, 9.17) is 0 Å². The van der Waals surface area contributed by atoms with Crippen molar-refractivity contribution >= 4 is 15.9 Å². The second-order valence-corrected chi connectivity index (χ2v) is 7.57. The Morgan fingerprint density at radius 3 is 2.00 bits per heavy atom. The lowest BCUT2D eigenvalue weighted by atomic mass is 10.1. The van der Waals surface area contributed by atoms with E-state index < -0.39 is 16.1 Å². The summed E-state index contributed by atoms with van der Waals surface area (Å²) < 4.78 is 27.0. The molecule has 0 aromatic heterocycles. The SMILES string of the molecule is Cc1ccc(CNC(=O)[C@@H](C)NS(=O)(=O)c2ccc(C)cc2)cc1. The summed E-state index contributed by atoms with van der Waals surface area (Å²) in [4.78, 5) is 12.3. The quantitative estimate of drug-likeness (QED) is 0.843. The van der Waals surface area contributed by atoms with Gasteiger partial charge in [0.15, 0.2) is 0 Å². The predicted octanol–water partition coefficient (Wildman–Crippen LogP) is 2.29. The van der Waals surface area contributed by atoms with Gasteiger partial charge in [0.2, 0.25) is 15.9 Å². The minimum absolute atomic E-state index is 0.145. The van der Waals surface area contributed by atoms with E-state index in [1.54, 1.807) is 12.1 Å². The maximum absolute atomic E-state index is 12.3. The van der Waals surface area contributed by atoms with Gasteiger partial charge >= 0.3 is 0 Å². The van der Waals surface area contributed by atoms with Crippen LogP contribution in [0.4, 0.5) is 0 Å². The molecule has 0 aliphatic carbocycles. The fraction of sp³-hybridized carbons (Fsp3) is 0.278. The van der Waals surface area contributed by atoms with Crippen molar-refractivity contribution in [3.63, 3.8) is 0 Å². The topological polar surface area (TPSA) is 75.3 Å². The van der Waals surface area contributed by atoms with E-state index in [-0.39, 0.29) is 10.8 Å². The lowest BCUT2D eigenvalue weighted by Crippen LogP contribution is -2.44. The highest BCUT2D eigenvalue weighted by Crippen LogP contribution is 2.10. The van der Waals surface area contributed by atoms with Crippen LogP contribution in [-0.2, 0) is 21.4 Å². The molecule has 2 rings (SSSR count). The third kappa shape index (κ3) is 4.91. The van der Waals surface area contributed by atoms with Crippen molar-refractivity contribution in [3.05, 3.63) is 65.2 Å². The first-order valence-corrected chi connectivity index (χ1v) is 9.18. The number of amides is 1. The van der Waals surface area contributed by atoms with Gasteiger partial charge in [-0.15, -0.1) is 0 Å². The lowest BCUT2D eigenvalue weighted by molar-refractivity contribution is -0.122. The lowest BCUT2D eigenvalue weighted by Gasteiger charge is -2.14. The van der Waals surface area contributed by atoms with Crippen LogP contribution in [0.2, 0.25) is 0 Å². The van der Waals surface area contributed by atoms with Crippen LogP contribution in [0.15, 0.2) is 53.4 Å². The van der Waals surface area contributed by atoms with E-state index in [0.717, 1.165) is 16.7 Å². The summed E-state index contributed by atoms with van der Waals surface area (Å²) in [5, 5.41) is 2.74. The van der Waals surface area contributed by atoms with E-state index in [2.05, 4.69) is 10.0 Å². The fourth-order valence-corrected chi connectivity index (χ4v) is 3.32. The van der Waals surface area contributed by atoms with Crippen molar-refractivity contribution in [2.24, 2.45) is 0 Å². The molecule has 24 heavy (non-hydrogen) atoms. The highest BCUT2D eigenvalue weighted by atomic mass is 32.2. The zero-order valence-electron chi connectivity index (χ0n) is 14.0.